The molecule has 2 heterocycles. The average Bonchev–Trinajstić information content (AvgIpc) is 3.02. The molecule has 0 aliphatic carbocycles. The van der Waals surface area contributed by atoms with Crippen LogP contribution >= 0.6 is 0 Å². The van der Waals surface area contributed by atoms with E-state index < -0.39 is 11.6 Å². The lowest BCUT2D eigenvalue weighted by Gasteiger charge is -2.33. The first-order valence-electron chi connectivity index (χ1n) is 14.8. The van der Waals surface area contributed by atoms with Gasteiger partial charge in [-0.3, -0.25) is 0 Å². The van der Waals surface area contributed by atoms with Crippen molar-refractivity contribution >= 4 is 5.69 Å². The number of benzene rings is 3. The first-order valence-corrected chi connectivity index (χ1v) is 14.8. The lowest BCUT2D eigenvalue weighted by molar-refractivity contribution is 0.0106. The molecule has 1 fully saturated rings. The van der Waals surface area contributed by atoms with Crippen LogP contribution in [0.3, 0.4) is 0 Å². The van der Waals surface area contributed by atoms with Gasteiger partial charge in [-0.05, 0) is 60.3 Å². The fraction of sp³-hybridized carbons (Fsp3) is 0.455. The predicted octanol–water partition coefficient (Wildman–Crippen LogP) is 5.03. The summed E-state index contributed by atoms with van der Waals surface area (Å²) in [5.74, 6) is 0.0946. The van der Waals surface area contributed by atoms with Gasteiger partial charge in [-0.25, -0.2) is 8.78 Å². The van der Waals surface area contributed by atoms with Crippen molar-refractivity contribution in [3.63, 3.8) is 0 Å². The smallest absolute Gasteiger partial charge is 0.165 e. The first kappa shape index (κ1) is 30.2. The molecule has 2 N–H and O–H groups in total. The maximum absolute atomic E-state index is 13.7. The van der Waals surface area contributed by atoms with E-state index in [4.69, 9.17) is 18.9 Å². The molecule has 226 valence electrons. The van der Waals surface area contributed by atoms with E-state index in [9.17, 15) is 8.78 Å². The minimum Gasteiger partial charge on any atom is -0.490 e. The Morgan fingerprint density at radius 1 is 1.02 bits per heavy atom. The molecule has 0 amide bonds. The number of methoxy groups -OCH3 is 1. The van der Waals surface area contributed by atoms with Crippen molar-refractivity contribution in [3.05, 3.63) is 89.0 Å². The van der Waals surface area contributed by atoms with Crippen molar-refractivity contribution in [2.45, 2.75) is 38.0 Å². The van der Waals surface area contributed by atoms with Gasteiger partial charge in [0.05, 0.1) is 24.9 Å². The van der Waals surface area contributed by atoms with Gasteiger partial charge in [0.15, 0.2) is 11.6 Å². The number of hydrogen-bond acceptors (Lipinski definition) is 7. The summed E-state index contributed by atoms with van der Waals surface area (Å²) in [4.78, 5) is 2.37. The summed E-state index contributed by atoms with van der Waals surface area (Å²) in [6, 6.07) is 18.2. The number of piperidine rings is 1. The lowest BCUT2D eigenvalue weighted by Crippen LogP contribution is -2.41. The van der Waals surface area contributed by atoms with E-state index in [0.717, 1.165) is 86.4 Å². The van der Waals surface area contributed by atoms with Crippen LogP contribution < -0.4 is 25.0 Å². The van der Waals surface area contributed by atoms with Crippen molar-refractivity contribution in [3.8, 4) is 11.5 Å². The SMILES string of the molecule is COCCCN1CCOc2ccc(COC3CNCCC3c3ccc(CNCCOc4cc(F)ccc4F)cc3)cc21. The van der Waals surface area contributed by atoms with E-state index in [1.807, 2.05) is 0 Å². The monoisotopic (exact) mass is 581 g/mol. The molecule has 2 aliphatic rings. The van der Waals surface area contributed by atoms with Crippen LogP contribution in [0, 0.1) is 11.6 Å². The molecule has 2 atom stereocenters. The molecule has 5 rings (SSSR count). The third-order valence-corrected chi connectivity index (χ3v) is 7.82. The quantitative estimate of drug-likeness (QED) is 0.259. The molecule has 0 spiro atoms. The number of nitrogens with zero attached hydrogens (tertiary/aromatic N) is 1. The number of fused-ring (bicyclic) bond motifs is 1. The van der Waals surface area contributed by atoms with Crippen molar-refractivity contribution in [2.75, 3.05) is 64.6 Å². The number of rotatable bonds is 14. The summed E-state index contributed by atoms with van der Waals surface area (Å²) in [6.45, 7) is 7.02. The Labute approximate surface area is 247 Å². The Hall–Kier alpha value is -3.24. The highest BCUT2D eigenvalue weighted by atomic mass is 19.1. The highest BCUT2D eigenvalue weighted by molar-refractivity contribution is 5.61. The zero-order chi connectivity index (χ0) is 29.1. The second kappa shape index (κ2) is 15.3. The van der Waals surface area contributed by atoms with Crippen molar-refractivity contribution in [2.24, 2.45) is 0 Å². The largest absolute Gasteiger partial charge is 0.490 e. The third kappa shape index (κ3) is 8.19. The van der Waals surface area contributed by atoms with Crippen LogP contribution in [-0.4, -0.2) is 65.8 Å². The summed E-state index contributed by atoms with van der Waals surface area (Å²) >= 11 is 0. The fourth-order valence-corrected chi connectivity index (χ4v) is 5.57. The first-order chi connectivity index (χ1) is 20.6. The van der Waals surface area contributed by atoms with Gasteiger partial charge in [-0.1, -0.05) is 30.3 Å². The van der Waals surface area contributed by atoms with Crippen LogP contribution in [0.4, 0.5) is 14.5 Å². The van der Waals surface area contributed by atoms with Crippen molar-refractivity contribution in [1.29, 1.82) is 0 Å². The van der Waals surface area contributed by atoms with Gasteiger partial charge >= 0.3 is 0 Å². The summed E-state index contributed by atoms with van der Waals surface area (Å²) in [5.41, 5.74) is 4.70. The minimum atomic E-state index is -0.565. The van der Waals surface area contributed by atoms with E-state index in [1.165, 1.54) is 5.56 Å². The van der Waals surface area contributed by atoms with Gasteiger partial charge in [-0.2, -0.15) is 0 Å². The van der Waals surface area contributed by atoms with E-state index in [0.29, 0.717) is 32.2 Å². The topological polar surface area (TPSA) is 64.2 Å². The Bertz CT molecular complexity index is 1280. The van der Waals surface area contributed by atoms with Gasteiger partial charge < -0.3 is 34.5 Å². The van der Waals surface area contributed by atoms with Gasteiger partial charge in [0.25, 0.3) is 0 Å². The average molecular weight is 582 g/mol. The summed E-state index contributed by atoms with van der Waals surface area (Å²) in [7, 11) is 1.74. The summed E-state index contributed by atoms with van der Waals surface area (Å²) in [6.07, 6.45) is 2.07. The zero-order valence-electron chi connectivity index (χ0n) is 24.2. The molecule has 1 saturated heterocycles. The van der Waals surface area contributed by atoms with Crippen LogP contribution in [0.5, 0.6) is 11.5 Å². The van der Waals surface area contributed by atoms with Crippen LogP contribution in [0.1, 0.15) is 35.4 Å². The fourth-order valence-electron chi connectivity index (χ4n) is 5.57. The Morgan fingerprint density at radius 3 is 2.74 bits per heavy atom. The number of anilines is 1. The van der Waals surface area contributed by atoms with E-state index in [2.05, 4.69) is 58.0 Å². The second-order valence-electron chi connectivity index (χ2n) is 10.8. The standard InChI is InChI=1S/C33H41F2N3O4/c1-39-16-2-14-38-15-18-41-31-10-5-25(19-30(31)38)23-42-33-22-36-12-11-28(33)26-6-3-24(4-7-26)21-37-13-17-40-32-20-27(34)8-9-29(32)35/h3-10,19-20,28,33,36-37H,2,11-18,21-23H2,1H3. The molecule has 3 aromatic rings. The van der Waals surface area contributed by atoms with Crippen LogP contribution in [0.2, 0.25) is 0 Å². The summed E-state index contributed by atoms with van der Waals surface area (Å²) in [5, 5.41) is 6.79. The maximum Gasteiger partial charge on any atom is 0.165 e. The maximum atomic E-state index is 13.7. The summed E-state index contributed by atoms with van der Waals surface area (Å²) < 4.78 is 50.0. The Morgan fingerprint density at radius 2 is 1.88 bits per heavy atom. The highest BCUT2D eigenvalue weighted by Gasteiger charge is 2.27. The molecule has 0 saturated carbocycles. The molecule has 3 aromatic carbocycles. The molecular formula is C33H41F2N3O4. The molecule has 42 heavy (non-hydrogen) atoms. The molecule has 0 radical (unpaired) electrons. The molecule has 7 nitrogen and oxygen atoms in total. The van der Waals surface area contributed by atoms with Crippen LogP contribution in [0.15, 0.2) is 60.7 Å². The number of hydrogen-bond donors (Lipinski definition) is 2. The van der Waals surface area contributed by atoms with Gasteiger partial charge in [0.2, 0.25) is 0 Å². The number of halogens is 2. The van der Waals surface area contributed by atoms with Crippen LogP contribution in [-0.2, 0) is 22.6 Å². The Balaban J connectivity index is 1.11. The van der Waals surface area contributed by atoms with Gasteiger partial charge in [0.1, 0.15) is 24.8 Å². The molecule has 0 bridgehead atoms. The van der Waals surface area contributed by atoms with Crippen molar-refractivity contribution < 1.29 is 27.7 Å². The van der Waals surface area contributed by atoms with Gasteiger partial charge in [0, 0.05) is 51.9 Å². The molecule has 9 heteroatoms. The van der Waals surface area contributed by atoms with Gasteiger partial charge in [-0.15, -0.1) is 0 Å². The molecule has 2 aliphatic heterocycles. The van der Waals surface area contributed by atoms with E-state index in [1.54, 1.807) is 7.11 Å². The predicted molar refractivity (Wildman–Crippen MR) is 159 cm³/mol. The molecular weight excluding hydrogens is 540 g/mol. The van der Waals surface area contributed by atoms with E-state index in [-0.39, 0.29) is 18.5 Å². The molecule has 0 aromatic heterocycles. The normalized spacial score (nSPS) is 18.4. The second-order valence-corrected chi connectivity index (χ2v) is 10.8. The zero-order valence-corrected chi connectivity index (χ0v) is 24.2. The number of ether oxygens (including phenoxy) is 4. The van der Waals surface area contributed by atoms with Crippen LogP contribution in [0.25, 0.3) is 0 Å². The molecule has 2 unspecified atom stereocenters. The lowest BCUT2D eigenvalue weighted by atomic mass is 9.87. The van der Waals surface area contributed by atoms with Crippen molar-refractivity contribution in [1.82, 2.24) is 10.6 Å². The Kier molecular flexibility index (Phi) is 11.0. The number of nitrogens with one attached hydrogen (secondary N) is 2. The minimum absolute atomic E-state index is 0.0690. The third-order valence-electron chi connectivity index (χ3n) is 7.82. The van der Waals surface area contributed by atoms with E-state index >= 15 is 0 Å². The highest BCUT2D eigenvalue weighted by Crippen LogP contribution is 2.34.